The number of fused-ring (bicyclic) bond motifs is 4. The Morgan fingerprint density at radius 3 is 1.61 bits per heavy atom. The summed E-state index contributed by atoms with van der Waals surface area (Å²) in [7, 11) is 0. The van der Waals surface area contributed by atoms with Gasteiger partial charge < -0.3 is 9.32 Å². The van der Waals surface area contributed by atoms with E-state index in [1.807, 2.05) is 0 Å². The molecule has 0 radical (unpaired) electrons. The lowest BCUT2D eigenvalue weighted by Gasteiger charge is -2.30. The summed E-state index contributed by atoms with van der Waals surface area (Å²) < 4.78 is 6.58. The van der Waals surface area contributed by atoms with E-state index in [0.717, 1.165) is 66.8 Å². The Kier molecular flexibility index (Phi) is 7.85. The molecule has 1 aromatic heterocycles. The maximum Gasteiger partial charge on any atom is 0.136 e. The third kappa shape index (κ3) is 5.62. The average molecular weight is 690 g/mol. The van der Waals surface area contributed by atoms with Crippen LogP contribution in [0.15, 0.2) is 217 Å². The number of nitrogens with zero attached hydrogens (tertiary/aromatic N) is 1. The Hall–Kier alpha value is -7.16. The monoisotopic (exact) mass is 689 g/mol. The fourth-order valence-corrected chi connectivity index (χ4v) is 7.89. The van der Waals surface area contributed by atoms with Crippen molar-refractivity contribution in [3.05, 3.63) is 212 Å². The number of anilines is 3. The predicted molar refractivity (Wildman–Crippen MR) is 228 cm³/mol. The van der Waals surface area contributed by atoms with Gasteiger partial charge >= 0.3 is 0 Å². The Morgan fingerprint density at radius 2 is 0.870 bits per heavy atom. The molecule has 0 fully saturated rings. The molecule has 254 valence electrons. The van der Waals surface area contributed by atoms with Crippen molar-refractivity contribution in [3.63, 3.8) is 0 Å². The summed E-state index contributed by atoms with van der Waals surface area (Å²) in [5.41, 5.74) is 14.3. The minimum absolute atomic E-state index is 0.877. The molecule has 0 unspecified atom stereocenters. The molecule has 0 aliphatic carbocycles. The highest BCUT2D eigenvalue weighted by Crippen LogP contribution is 2.48. The van der Waals surface area contributed by atoms with Gasteiger partial charge in [-0.2, -0.15) is 0 Å². The highest BCUT2D eigenvalue weighted by atomic mass is 16.3. The Labute approximate surface area is 314 Å². The van der Waals surface area contributed by atoms with Crippen LogP contribution < -0.4 is 4.90 Å². The van der Waals surface area contributed by atoms with Gasteiger partial charge in [-0.25, -0.2) is 0 Å². The van der Waals surface area contributed by atoms with Gasteiger partial charge in [0.25, 0.3) is 0 Å². The summed E-state index contributed by atoms with van der Waals surface area (Å²) >= 11 is 0. The van der Waals surface area contributed by atoms with E-state index in [9.17, 15) is 0 Å². The van der Waals surface area contributed by atoms with E-state index in [-0.39, 0.29) is 0 Å². The first-order valence-electron chi connectivity index (χ1n) is 18.4. The van der Waals surface area contributed by atoms with Crippen molar-refractivity contribution in [1.82, 2.24) is 0 Å². The molecule has 0 amide bonds. The second-order valence-electron chi connectivity index (χ2n) is 13.7. The molecule has 10 aromatic rings. The average Bonchev–Trinajstić information content (AvgIpc) is 3.62. The van der Waals surface area contributed by atoms with Crippen molar-refractivity contribution in [1.29, 1.82) is 0 Å². The molecule has 0 saturated heterocycles. The van der Waals surface area contributed by atoms with Crippen molar-refractivity contribution < 1.29 is 4.42 Å². The fraction of sp³-hybridized carbons (Fsp3) is 0. The Balaban J connectivity index is 1.25. The standard InChI is InChI=1S/C52H35NO/c1-4-16-36(17-5-1)39-24-14-25-43(32-39)53(49-31-30-42(37-18-6-2-7-19-37)33-46(49)38-20-8-3-9-21-38)48-28-13-12-26-44(48)45-27-15-29-50-52(45)47-34-40-22-10-11-23-41(40)35-51(47)54-50/h1-35H. The maximum absolute atomic E-state index is 6.58. The molecule has 0 atom stereocenters. The Bertz CT molecular complexity index is 2930. The molecule has 10 rings (SSSR count). The van der Waals surface area contributed by atoms with Crippen LogP contribution >= 0.6 is 0 Å². The third-order valence-electron chi connectivity index (χ3n) is 10.4. The van der Waals surface area contributed by atoms with Crippen LogP contribution in [0.25, 0.3) is 77.2 Å². The lowest BCUT2D eigenvalue weighted by atomic mass is 9.94. The molecule has 0 saturated carbocycles. The minimum atomic E-state index is 0.877. The van der Waals surface area contributed by atoms with E-state index in [1.54, 1.807) is 0 Å². The largest absolute Gasteiger partial charge is 0.456 e. The molecule has 1 heterocycles. The summed E-state index contributed by atoms with van der Waals surface area (Å²) in [6.45, 7) is 0. The predicted octanol–water partition coefficient (Wildman–Crippen LogP) is 14.9. The van der Waals surface area contributed by atoms with Gasteiger partial charge in [0.1, 0.15) is 11.2 Å². The summed E-state index contributed by atoms with van der Waals surface area (Å²) in [5, 5.41) is 4.60. The van der Waals surface area contributed by atoms with Gasteiger partial charge in [-0.3, -0.25) is 0 Å². The second kappa shape index (κ2) is 13.4. The van der Waals surface area contributed by atoms with Crippen LogP contribution in [-0.4, -0.2) is 0 Å². The summed E-state index contributed by atoms with van der Waals surface area (Å²) in [4.78, 5) is 2.44. The smallest absolute Gasteiger partial charge is 0.136 e. The molecule has 2 nitrogen and oxygen atoms in total. The summed E-state index contributed by atoms with van der Waals surface area (Å²) in [6.07, 6.45) is 0. The van der Waals surface area contributed by atoms with Crippen LogP contribution in [0, 0.1) is 0 Å². The fourth-order valence-electron chi connectivity index (χ4n) is 7.89. The van der Waals surface area contributed by atoms with Crippen LogP contribution in [0.4, 0.5) is 17.1 Å². The van der Waals surface area contributed by atoms with Crippen molar-refractivity contribution >= 4 is 49.8 Å². The highest BCUT2D eigenvalue weighted by molar-refractivity contribution is 6.16. The van der Waals surface area contributed by atoms with Crippen molar-refractivity contribution in [2.24, 2.45) is 0 Å². The highest BCUT2D eigenvalue weighted by Gasteiger charge is 2.23. The molecular weight excluding hydrogens is 655 g/mol. The zero-order valence-electron chi connectivity index (χ0n) is 29.6. The molecule has 54 heavy (non-hydrogen) atoms. The van der Waals surface area contributed by atoms with Crippen LogP contribution in [-0.2, 0) is 0 Å². The Morgan fingerprint density at radius 1 is 0.315 bits per heavy atom. The van der Waals surface area contributed by atoms with Gasteiger partial charge in [0, 0.05) is 27.6 Å². The zero-order valence-corrected chi connectivity index (χ0v) is 29.6. The van der Waals surface area contributed by atoms with E-state index in [2.05, 4.69) is 217 Å². The first-order valence-corrected chi connectivity index (χ1v) is 18.4. The molecule has 0 aliphatic heterocycles. The van der Waals surface area contributed by atoms with E-state index in [0.29, 0.717) is 0 Å². The molecular formula is C52H35NO. The van der Waals surface area contributed by atoms with Crippen molar-refractivity contribution in [2.75, 3.05) is 4.90 Å². The number of rotatable bonds is 7. The first kappa shape index (κ1) is 31.6. The van der Waals surface area contributed by atoms with Gasteiger partial charge in [-0.05, 0) is 92.7 Å². The van der Waals surface area contributed by atoms with Gasteiger partial charge in [0.05, 0.1) is 11.4 Å². The molecule has 0 spiro atoms. The molecule has 0 aliphatic rings. The van der Waals surface area contributed by atoms with Crippen LogP contribution in [0.3, 0.4) is 0 Å². The lowest BCUT2D eigenvalue weighted by Crippen LogP contribution is -2.12. The number of hydrogen-bond donors (Lipinski definition) is 0. The maximum atomic E-state index is 6.58. The molecule has 9 aromatic carbocycles. The van der Waals surface area contributed by atoms with Crippen molar-refractivity contribution in [3.8, 4) is 44.5 Å². The topological polar surface area (TPSA) is 16.4 Å². The first-order chi connectivity index (χ1) is 26.8. The normalized spacial score (nSPS) is 11.3. The van der Waals surface area contributed by atoms with Gasteiger partial charge in [-0.15, -0.1) is 0 Å². The van der Waals surface area contributed by atoms with E-state index in [4.69, 9.17) is 4.42 Å². The summed E-state index contributed by atoms with van der Waals surface area (Å²) in [5.74, 6) is 0. The lowest BCUT2D eigenvalue weighted by molar-refractivity contribution is 0.669. The quantitative estimate of drug-likeness (QED) is 0.166. The van der Waals surface area contributed by atoms with E-state index in [1.165, 1.54) is 27.5 Å². The number of furan rings is 1. The van der Waals surface area contributed by atoms with Crippen molar-refractivity contribution in [2.45, 2.75) is 0 Å². The second-order valence-corrected chi connectivity index (χ2v) is 13.7. The third-order valence-corrected chi connectivity index (χ3v) is 10.4. The van der Waals surface area contributed by atoms with E-state index >= 15 is 0 Å². The van der Waals surface area contributed by atoms with Gasteiger partial charge in [0.15, 0.2) is 0 Å². The molecule has 0 bridgehead atoms. The van der Waals surface area contributed by atoms with Crippen LogP contribution in [0.2, 0.25) is 0 Å². The number of para-hydroxylation sites is 1. The van der Waals surface area contributed by atoms with E-state index < -0.39 is 0 Å². The van der Waals surface area contributed by atoms with Crippen LogP contribution in [0.1, 0.15) is 0 Å². The minimum Gasteiger partial charge on any atom is -0.456 e. The van der Waals surface area contributed by atoms with Gasteiger partial charge in [0.2, 0.25) is 0 Å². The summed E-state index contributed by atoms with van der Waals surface area (Å²) in [6, 6.07) is 76.0. The number of benzene rings is 9. The zero-order chi connectivity index (χ0) is 35.8. The molecule has 2 heteroatoms. The number of hydrogen-bond acceptors (Lipinski definition) is 2. The molecule has 0 N–H and O–H groups in total. The SMILES string of the molecule is c1ccc(-c2cccc(N(c3ccc(-c4ccccc4)cc3-c3ccccc3)c3ccccc3-c3cccc4oc5cc6ccccc6cc5c34)c2)cc1. The van der Waals surface area contributed by atoms with Crippen LogP contribution in [0.5, 0.6) is 0 Å². The van der Waals surface area contributed by atoms with Gasteiger partial charge in [-0.1, -0.05) is 164 Å².